The van der Waals surface area contributed by atoms with Crippen LogP contribution in [0.25, 0.3) is 0 Å². The second-order valence-corrected chi connectivity index (χ2v) is 2.98. The summed E-state index contributed by atoms with van der Waals surface area (Å²) in [6.07, 6.45) is 0. The van der Waals surface area contributed by atoms with Gasteiger partial charge in [0, 0.05) is 19.8 Å². The molecule has 0 amide bonds. The molecule has 1 aromatic rings. The zero-order valence-corrected chi connectivity index (χ0v) is 7.39. The number of anilines is 1. The van der Waals surface area contributed by atoms with Crippen molar-refractivity contribution >= 4 is 5.69 Å². The van der Waals surface area contributed by atoms with Gasteiger partial charge >= 0.3 is 0 Å². The first-order chi connectivity index (χ1) is 5.13. The second-order valence-electron chi connectivity index (χ2n) is 2.98. The monoisotopic (exact) mass is 148 g/mol. The summed E-state index contributed by atoms with van der Waals surface area (Å²) >= 11 is 0. The Morgan fingerprint density at radius 2 is 1.91 bits per heavy atom. The Bertz CT molecular complexity index is 231. The van der Waals surface area contributed by atoms with Gasteiger partial charge in [0.1, 0.15) is 0 Å². The third kappa shape index (κ3) is 1.53. The van der Waals surface area contributed by atoms with Crippen LogP contribution < -0.4 is 4.90 Å². The lowest BCUT2D eigenvalue weighted by Crippen LogP contribution is -2.11. The molecular formula is C10H14N. The molecule has 0 saturated carbocycles. The lowest BCUT2D eigenvalue weighted by molar-refractivity contribution is 1.11. The Morgan fingerprint density at radius 3 is 2.27 bits per heavy atom. The normalized spacial score (nSPS) is 9.82. The Hall–Kier alpha value is -0.980. The predicted molar refractivity (Wildman–Crippen MR) is 50.0 cm³/mol. The van der Waals surface area contributed by atoms with Gasteiger partial charge in [-0.15, -0.1) is 0 Å². The predicted octanol–water partition coefficient (Wildman–Crippen LogP) is 2.24. The molecule has 1 radical (unpaired) electrons. The molecule has 0 fully saturated rings. The number of hydrogen-bond donors (Lipinski definition) is 0. The number of rotatable bonds is 1. The summed E-state index contributed by atoms with van der Waals surface area (Å²) in [7, 11) is 4.08. The molecular weight excluding hydrogens is 134 g/mol. The Balaban J connectivity index is 3.21. The molecule has 0 aromatic heterocycles. The van der Waals surface area contributed by atoms with Gasteiger partial charge in [-0.1, -0.05) is 18.2 Å². The first-order valence-corrected chi connectivity index (χ1v) is 3.72. The van der Waals surface area contributed by atoms with Crippen LogP contribution in [0, 0.1) is 13.8 Å². The molecule has 0 aliphatic carbocycles. The van der Waals surface area contributed by atoms with E-state index in [1.807, 2.05) is 26.2 Å². The first-order valence-electron chi connectivity index (χ1n) is 3.72. The van der Waals surface area contributed by atoms with E-state index in [0.29, 0.717) is 0 Å². The average molecular weight is 148 g/mol. The Morgan fingerprint density at radius 1 is 1.27 bits per heavy atom. The number of aryl methyl sites for hydroxylation is 1. The quantitative estimate of drug-likeness (QED) is 0.590. The maximum atomic E-state index is 3.96. The van der Waals surface area contributed by atoms with Crippen LogP contribution in [0.4, 0.5) is 5.69 Å². The maximum absolute atomic E-state index is 3.96. The van der Waals surface area contributed by atoms with Crippen LogP contribution in [0.5, 0.6) is 0 Å². The molecule has 1 aromatic carbocycles. The maximum Gasteiger partial charge on any atom is 0.0423 e. The second kappa shape index (κ2) is 2.95. The number of hydrogen-bond acceptors (Lipinski definition) is 1. The van der Waals surface area contributed by atoms with Crippen LogP contribution >= 0.6 is 0 Å². The number of benzene rings is 1. The zero-order chi connectivity index (χ0) is 8.43. The lowest BCUT2D eigenvalue weighted by Gasteiger charge is -2.17. The van der Waals surface area contributed by atoms with Crippen molar-refractivity contribution in [1.82, 2.24) is 0 Å². The van der Waals surface area contributed by atoms with E-state index in [1.54, 1.807) is 0 Å². The minimum atomic E-state index is 1.09. The average Bonchev–Trinajstić information content (AvgIpc) is 1.85. The molecule has 1 rings (SSSR count). The first kappa shape index (κ1) is 8.12. The molecule has 0 aliphatic rings. The van der Waals surface area contributed by atoms with E-state index in [4.69, 9.17) is 0 Å². The highest BCUT2D eigenvalue weighted by atomic mass is 15.1. The number of nitrogens with zero attached hydrogens (tertiary/aromatic N) is 1. The largest absolute Gasteiger partial charge is 0.377 e. The van der Waals surface area contributed by atoms with Gasteiger partial charge < -0.3 is 4.90 Å². The van der Waals surface area contributed by atoms with Crippen molar-refractivity contribution in [3.8, 4) is 0 Å². The summed E-state index contributed by atoms with van der Waals surface area (Å²) in [5, 5.41) is 0. The van der Waals surface area contributed by atoms with E-state index >= 15 is 0 Å². The highest BCUT2D eigenvalue weighted by Crippen LogP contribution is 2.21. The van der Waals surface area contributed by atoms with Crippen molar-refractivity contribution in [2.24, 2.45) is 0 Å². The molecule has 1 nitrogen and oxygen atoms in total. The Kier molecular flexibility index (Phi) is 2.18. The summed E-state index contributed by atoms with van der Waals surface area (Å²) < 4.78 is 0. The van der Waals surface area contributed by atoms with E-state index in [9.17, 15) is 0 Å². The van der Waals surface area contributed by atoms with Gasteiger partial charge in [0.25, 0.3) is 0 Å². The van der Waals surface area contributed by atoms with Crippen LogP contribution in [0.3, 0.4) is 0 Å². The zero-order valence-electron chi connectivity index (χ0n) is 7.39. The highest BCUT2D eigenvalue weighted by molar-refractivity contribution is 5.59. The third-order valence-corrected chi connectivity index (χ3v) is 1.77. The van der Waals surface area contributed by atoms with Crippen molar-refractivity contribution in [3.05, 3.63) is 36.2 Å². The fourth-order valence-electron chi connectivity index (χ4n) is 1.36. The van der Waals surface area contributed by atoms with E-state index in [-0.39, 0.29) is 0 Å². The van der Waals surface area contributed by atoms with E-state index < -0.39 is 0 Å². The van der Waals surface area contributed by atoms with Gasteiger partial charge in [-0.25, -0.2) is 0 Å². The highest BCUT2D eigenvalue weighted by Gasteiger charge is 2.01. The van der Waals surface area contributed by atoms with Crippen molar-refractivity contribution in [2.45, 2.75) is 6.92 Å². The van der Waals surface area contributed by atoms with Gasteiger partial charge in [0.15, 0.2) is 0 Å². The minimum absolute atomic E-state index is 1.09. The molecule has 0 spiro atoms. The number of para-hydroxylation sites is 1. The van der Waals surface area contributed by atoms with Crippen molar-refractivity contribution < 1.29 is 0 Å². The molecule has 0 atom stereocenters. The molecule has 0 N–H and O–H groups in total. The summed E-state index contributed by atoms with van der Waals surface area (Å²) in [6, 6.07) is 6.16. The molecule has 0 heterocycles. The van der Waals surface area contributed by atoms with Gasteiger partial charge in [-0.2, -0.15) is 0 Å². The van der Waals surface area contributed by atoms with Crippen LogP contribution in [0.1, 0.15) is 11.1 Å². The summed E-state index contributed by atoms with van der Waals surface area (Å²) in [6.45, 7) is 6.06. The van der Waals surface area contributed by atoms with Crippen molar-refractivity contribution in [1.29, 1.82) is 0 Å². The molecule has 0 saturated heterocycles. The standard InChI is InChI=1S/C10H14N/c1-8-6-5-7-9(2)10(8)11(3)4/h5-7H,1H2,2-4H3. The van der Waals surface area contributed by atoms with Gasteiger partial charge in [0.2, 0.25) is 0 Å². The van der Waals surface area contributed by atoms with Crippen LogP contribution in [0.15, 0.2) is 18.2 Å². The molecule has 0 unspecified atom stereocenters. The van der Waals surface area contributed by atoms with Crippen LogP contribution in [0.2, 0.25) is 0 Å². The van der Waals surface area contributed by atoms with Gasteiger partial charge in [-0.3, -0.25) is 0 Å². The fourth-order valence-corrected chi connectivity index (χ4v) is 1.36. The Labute approximate surface area is 68.7 Å². The minimum Gasteiger partial charge on any atom is -0.377 e. The molecule has 59 valence electrons. The van der Waals surface area contributed by atoms with E-state index in [1.165, 1.54) is 11.3 Å². The van der Waals surface area contributed by atoms with E-state index in [2.05, 4.69) is 24.8 Å². The topological polar surface area (TPSA) is 3.24 Å². The fraction of sp³-hybridized carbons (Fsp3) is 0.300. The summed E-state index contributed by atoms with van der Waals surface area (Å²) in [5.41, 5.74) is 3.60. The van der Waals surface area contributed by atoms with Gasteiger partial charge in [0.05, 0.1) is 0 Å². The molecule has 0 bridgehead atoms. The third-order valence-electron chi connectivity index (χ3n) is 1.77. The lowest BCUT2D eigenvalue weighted by atomic mass is 10.1. The summed E-state index contributed by atoms with van der Waals surface area (Å²) in [5.74, 6) is 0. The van der Waals surface area contributed by atoms with Crippen LogP contribution in [-0.4, -0.2) is 14.1 Å². The van der Waals surface area contributed by atoms with E-state index in [0.717, 1.165) is 5.56 Å². The smallest absolute Gasteiger partial charge is 0.0423 e. The molecule has 0 aliphatic heterocycles. The van der Waals surface area contributed by atoms with Crippen molar-refractivity contribution in [2.75, 3.05) is 19.0 Å². The SMILES string of the molecule is [CH2]c1cccc(C)c1N(C)C. The molecule has 1 heteroatoms. The molecule has 11 heavy (non-hydrogen) atoms. The van der Waals surface area contributed by atoms with Crippen LogP contribution in [-0.2, 0) is 0 Å². The summed E-state index contributed by atoms with van der Waals surface area (Å²) in [4.78, 5) is 2.09. The van der Waals surface area contributed by atoms with Crippen molar-refractivity contribution in [3.63, 3.8) is 0 Å². The van der Waals surface area contributed by atoms with Gasteiger partial charge in [-0.05, 0) is 25.0 Å².